The zero-order chi connectivity index (χ0) is 22.1. The smallest absolute Gasteiger partial charge is 0.434 e. The van der Waals surface area contributed by atoms with Gasteiger partial charge >= 0.3 is 6.09 Å². The molecule has 2 amide bonds. The van der Waals surface area contributed by atoms with Crippen molar-refractivity contribution in [1.29, 1.82) is 0 Å². The Morgan fingerprint density at radius 3 is 2.74 bits per heavy atom. The number of aryl methyl sites for hydroxylation is 2. The summed E-state index contributed by atoms with van der Waals surface area (Å²) in [5.74, 6) is -0.159. The van der Waals surface area contributed by atoms with Crippen molar-refractivity contribution in [3.8, 4) is 16.9 Å². The second-order valence-corrected chi connectivity index (χ2v) is 7.31. The van der Waals surface area contributed by atoms with Crippen molar-refractivity contribution in [2.45, 2.75) is 13.5 Å². The van der Waals surface area contributed by atoms with Gasteiger partial charge in [0.2, 0.25) is 5.62 Å². The van der Waals surface area contributed by atoms with Gasteiger partial charge in [-0.1, -0.05) is 6.07 Å². The summed E-state index contributed by atoms with van der Waals surface area (Å²) >= 11 is 0. The molecule has 4 rings (SSSR count). The van der Waals surface area contributed by atoms with Crippen LogP contribution >= 0.6 is 0 Å². The molecule has 8 nitrogen and oxygen atoms in total. The predicted molar refractivity (Wildman–Crippen MR) is 110 cm³/mol. The van der Waals surface area contributed by atoms with Crippen LogP contribution in [-0.4, -0.2) is 39.4 Å². The normalized spacial score (nSPS) is 13.9. The summed E-state index contributed by atoms with van der Waals surface area (Å²) < 4.78 is 22.8. The lowest BCUT2D eigenvalue weighted by Gasteiger charge is -2.17. The molecular formula is C22H21FN4O4. The Morgan fingerprint density at radius 2 is 2.00 bits per heavy atom. The highest BCUT2D eigenvalue weighted by Gasteiger charge is 2.23. The molecule has 2 aromatic carbocycles. The fourth-order valence-electron chi connectivity index (χ4n) is 3.71. The minimum atomic E-state index is -1.30. The SMILES string of the molecule is Cc1cc(F)ccc1-c1cc(Cn2ccn(C)c2=NC(=O)O)cc2c1OCCNC2=O. The number of carbonyl (C=O) groups is 2. The monoisotopic (exact) mass is 424 g/mol. The Labute approximate surface area is 177 Å². The number of rotatable bonds is 3. The van der Waals surface area contributed by atoms with Crippen molar-refractivity contribution in [1.82, 2.24) is 14.5 Å². The Bertz CT molecular complexity index is 1260. The van der Waals surface area contributed by atoms with Crippen LogP contribution in [0.5, 0.6) is 5.75 Å². The summed E-state index contributed by atoms with van der Waals surface area (Å²) in [6.07, 6.45) is 2.12. The van der Waals surface area contributed by atoms with Crippen molar-refractivity contribution in [2.75, 3.05) is 13.2 Å². The molecule has 0 spiro atoms. The molecule has 160 valence electrons. The Balaban J connectivity index is 1.89. The van der Waals surface area contributed by atoms with E-state index < -0.39 is 6.09 Å². The lowest BCUT2D eigenvalue weighted by Crippen LogP contribution is -2.26. The average Bonchev–Trinajstić information content (AvgIpc) is 2.92. The van der Waals surface area contributed by atoms with Crippen molar-refractivity contribution < 1.29 is 23.8 Å². The molecule has 0 radical (unpaired) electrons. The zero-order valence-corrected chi connectivity index (χ0v) is 17.1. The number of hydrogen-bond acceptors (Lipinski definition) is 3. The predicted octanol–water partition coefficient (Wildman–Crippen LogP) is 2.69. The summed E-state index contributed by atoms with van der Waals surface area (Å²) in [6.45, 7) is 2.77. The van der Waals surface area contributed by atoms with Gasteiger partial charge in [0.1, 0.15) is 18.2 Å². The Kier molecular flexibility index (Phi) is 5.33. The van der Waals surface area contributed by atoms with Crippen LogP contribution in [0, 0.1) is 12.7 Å². The maximum absolute atomic E-state index is 13.7. The van der Waals surface area contributed by atoms with Gasteiger partial charge in [-0.3, -0.25) is 4.79 Å². The summed E-state index contributed by atoms with van der Waals surface area (Å²) in [4.78, 5) is 27.4. The van der Waals surface area contributed by atoms with Crippen molar-refractivity contribution in [3.05, 3.63) is 70.9 Å². The van der Waals surface area contributed by atoms with Crippen LogP contribution in [0.3, 0.4) is 0 Å². The number of carbonyl (C=O) groups excluding carboxylic acids is 1. The first-order chi connectivity index (χ1) is 14.8. The van der Waals surface area contributed by atoms with Crippen LogP contribution in [0.2, 0.25) is 0 Å². The molecule has 9 heteroatoms. The van der Waals surface area contributed by atoms with Crippen LogP contribution in [0.4, 0.5) is 9.18 Å². The van der Waals surface area contributed by atoms with Gasteiger partial charge in [-0.25, -0.2) is 9.18 Å². The number of benzene rings is 2. The molecule has 0 bridgehead atoms. The lowest BCUT2D eigenvalue weighted by atomic mass is 9.94. The number of nitrogens with zero attached hydrogens (tertiary/aromatic N) is 3. The molecule has 0 unspecified atom stereocenters. The minimum Gasteiger partial charge on any atom is -0.490 e. The van der Waals surface area contributed by atoms with Gasteiger partial charge in [0.15, 0.2) is 0 Å². The standard InChI is InChI=1S/C22H21FN4O4/c1-13-9-15(23)3-4-16(13)17-10-14(11-18-19(17)31-8-5-24-20(18)28)12-27-7-6-26(2)21(27)25-22(29)30/h3-4,6-7,9-11H,5,8,12H2,1-2H3,(H,24,28)(H,29,30). The first-order valence-corrected chi connectivity index (χ1v) is 9.67. The fraction of sp³-hybridized carbons (Fsp3) is 0.227. The van der Waals surface area contributed by atoms with Crippen molar-refractivity contribution in [2.24, 2.45) is 12.0 Å². The van der Waals surface area contributed by atoms with Crippen LogP contribution < -0.4 is 15.7 Å². The number of hydrogen-bond donors (Lipinski definition) is 2. The first kappa shape index (κ1) is 20.4. The van der Waals surface area contributed by atoms with E-state index in [1.807, 2.05) is 6.07 Å². The molecule has 1 aliphatic rings. The number of amides is 2. The minimum absolute atomic E-state index is 0.252. The third-order valence-corrected chi connectivity index (χ3v) is 5.10. The van der Waals surface area contributed by atoms with E-state index in [0.29, 0.717) is 35.6 Å². The second-order valence-electron chi connectivity index (χ2n) is 7.31. The molecule has 3 aromatic rings. The average molecular weight is 424 g/mol. The van der Waals surface area contributed by atoms with E-state index in [9.17, 15) is 14.0 Å². The molecule has 0 saturated carbocycles. The van der Waals surface area contributed by atoms with Gasteiger partial charge in [-0.2, -0.15) is 0 Å². The van der Waals surface area contributed by atoms with Gasteiger partial charge in [0.05, 0.1) is 18.7 Å². The fourth-order valence-corrected chi connectivity index (χ4v) is 3.71. The largest absolute Gasteiger partial charge is 0.490 e. The third kappa shape index (κ3) is 4.07. The molecule has 2 heterocycles. The summed E-state index contributed by atoms with van der Waals surface area (Å²) in [6, 6.07) is 8.07. The molecule has 0 saturated heterocycles. The molecule has 0 atom stereocenters. The number of nitrogens with one attached hydrogen (secondary N) is 1. The lowest BCUT2D eigenvalue weighted by molar-refractivity contribution is 0.0957. The van der Waals surface area contributed by atoms with E-state index in [1.165, 1.54) is 12.1 Å². The maximum atomic E-state index is 13.7. The highest BCUT2D eigenvalue weighted by molar-refractivity contribution is 6.00. The van der Waals surface area contributed by atoms with Crippen LogP contribution in [0.25, 0.3) is 11.1 Å². The number of imidazole rings is 1. The number of aromatic nitrogens is 2. The first-order valence-electron chi connectivity index (χ1n) is 9.67. The highest BCUT2D eigenvalue weighted by atomic mass is 19.1. The summed E-state index contributed by atoms with van der Waals surface area (Å²) in [5, 5.41) is 11.9. The summed E-state index contributed by atoms with van der Waals surface area (Å²) in [5.41, 5.74) is 3.51. The molecule has 1 aliphatic heterocycles. The summed E-state index contributed by atoms with van der Waals surface area (Å²) in [7, 11) is 1.70. The topological polar surface area (TPSA) is 97.8 Å². The van der Waals surface area contributed by atoms with Gasteiger partial charge in [-0.05, 0) is 47.9 Å². The van der Waals surface area contributed by atoms with Crippen LogP contribution in [0.1, 0.15) is 21.5 Å². The molecular weight excluding hydrogens is 403 g/mol. The molecule has 0 fully saturated rings. The van der Waals surface area contributed by atoms with E-state index in [-0.39, 0.29) is 23.9 Å². The highest BCUT2D eigenvalue weighted by Crippen LogP contribution is 2.37. The molecule has 0 aliphatic carbocycles. The van der Waals surface area contributed by atoms with Gasteiger partial charge < -0.3 is 24.3 Å². The van der Waals surface area contributed by atoms with E-state index in [0.717, 1.165) is 11.1 Å². The number of carboxylic acid groups (broad SMARTS) is 1. The van der Waals surface area contributed by atoms with E-state index in [2.05, 4.69) is 10.3 Å². The van der Waals surface area contributed by atoms with Gasteiger partial charge in [0.25, 0.3) is 5.91 Å². The molecule has 2 N–H and O–H groups in total. The second kappa shape index (κ2) is 8.10. The zero-order valence-electron chi connectivity index (χ0n) is 17.1. The van der Waals surface area contributed by atoms with E-state index in [4.69, 9.17) is 9.84 Å². The quantitative estimate of drug-likeness (QED) is 0.676. The van der Waals surface area contributed by atoms with Gasteiger partial charge in [-0.15, -0.1) is 4.99 Å². The van der Waals surface area contributed by atoms with E-state index >= 15 is 0 Å². The maximum Gasteiger partial charge on any atom is 0.434 e. The number of ether oxygens (including phenoxy) is 1. The van der Waals surface area contributed by atoms with E-state index in [1.54, 1.807) is 47.6 Å². The van der Waals surface area contributed by atoms with Crippen molar-refractivity contribution >= 4 is 12.0 Å². The van der Waals surface area contributed by atoms with Crippen LogP contribution in [0.15, 0.2) is 47.7 Å². The Hall–Kier alpha value is -3.88. The van der Waals surface area contributed by atoms with Crippen molar-refractivity contribution in [3.63, 3.8) is 0 Å². The number of fused-ring (bicyclic) bond motifs is 1. The Morgan fingerprint density at radius 1 is 1.23 bits per heavy atom. The number of halogens is 1. The van der Waals surface area contributed by atoms with Crippen LogP contribution in [-0.2, 0) is 13.6 Å². The molecule has 31 heavy (non-hydrogen) atoms. The third-order valence-electron chi connectivity index (χ3n) is 5.10. The molecule has 1 aromatic heterocycles. The van der Waals surface area contributed by atoms with Gasteiger partial charge in [0, 0.05) is 25.0 Å².